The number of benzene rings is 1. The van der Waals surface area contributed by atoms with Crippen LogP contribution in [0.15, 0.2) is 30.5 Å². The predicted molar refractivity (Wildman–Crippen MR) is 72.7 cm³/mol. The van der Waals surface area contributed by atoms with Crippen molar-refractivity contribution in [2.24, 2.45) is 5.73 Å². The van der Waals surface area contributed by atoms with Crippen LogP contribution in [0, 0.1) is 0 Å². The van der Waals surface area contributed by atoms with Crippen molar-refractivity contribution in [1.82, 2.24) is 9.97 Å². The average molecular weight is 246 g/mol. The molecule has 2 aromatic rings. The van der Waals surface area contributed by atoms with Crippen LogP contribution in [0.1, 0.15) is 0 Å². The first-order chi connectivity index (χ1) is 8.85. The molecule has 0 saturated carbocycles. The fraction of sp³-hybridized carbons (Fsp3) is 0.385. The molecule has 0 atom stereocenters. The maximum absolute atomic E-state index is 5.62. The first-order valence-corrected chi connectivity index (χ1v) is 6.01. The molecule has 2 rings (SSSR count). The number of aromatic nitrogens is 2. The van der Waals surface area contributed by atoms with E-state index in [1.54, 1.807) is 13.3 Å². The SMILES string of the molecule is COCCN(CCN)c1cnc2ccccc2n1. The van der Waals surface area contributed by atoms with E-state index < -0.39 is 0 Å². The number of hydrogen-bond acceptors (Lipinski definition) is 5. The van der Waals surface area contributed by atoms with Gasteiger partial charge in [0.05, 0.1) is 23.8 Å². The molecular formula is C13H18N4O. The van der Waals surface area contributed by atoms with Crippen molar-refractivity contribution in [3.63, 3.8) is 0 Å². The van der Waals surface area contributed by atoms with Gasteiger partial charge in [-0.2, -0.15) is 0 Å². The van der Waals surface area contributed by atoms with Gasteiger partial charge >= 0.3 is 0 Å². The smallest absolute Gasteiger partial charge is 0.147 e. The van der Waals surface area contributed by atoms with Crippen molar-refractivity contribution in [1.29, 1.82) is 0 Å². The van der Waals surface area contributed by atoms with Gasteiger partial charge in [0.2, 0.25) is 0 Å². The molecule has 0 amide bonds. The number of ether oxygens (including phenoxy) is 1. The van der Waals surface area contributed by atoms with Gasteiger partial charge in [-0.1, -0.05) is 12.1 Å². The zero-order chi connectivity index (χ0) is 12.8. The highest BCUT2D eigenvalue weighted by molar-refractivity contribution is 5.75. The Hall–Kier alpha value is -1.72. The van der Waals surface area contributed by atoms with E-state index in [1.807, 2.05) is 24.3 Å². The van der Waals surface area contributed by atoms with Crippen LogP contribution in [-0.4, -0.2) is 43.3 Å². The lowest BCUT2D eigenvalue weighted by molar-refractivity contribution is 0.205. The van der Waals surface area contributed by atoms with Crippen LogP contribution >= 0.6 is 0 Å². The van der Waals surface area contributed by atoms with Gasteiger partial charge in [0, 0.05) is 26.7 Å². The number of anilines is 1. The zero-order valence-electron chi connectivity index (χ0n) is 10.5. The van der Waals surface area contributed by atoms with E-state index in [0.29, 0.717) is 13.2 Å². The van der Waals surface area contributed by atoms with Gasteiger partial charge in [-0.15, -0.1) is 0 Å². The van der Waals surface area contributed by atoms with E-state index in [0.717, 1.165) is 29.9 Å². The molecule has 96 valence electrons. The third kappa shape index (κ3) is 2.94. The highest BCUT2D eigenvalue weighted by Crippen LogP contribution is 2.14. The fourth-order valence-electron chi connectivity index (χ4n) is 1.80. The van der Waals surface area contributed by atoms with Gasteiger partial charge < -0.3 is 15.4 Å². The maximum atomic E-state index is 5.62. The third-order valence-corrected chi connectivity index (χ3v) is 2.72. The summed E-state index contributed by atoms with van der Waals surface area (Å²) in [6, 6.07) is 7.83. The maximum Gasteiger partial charge on any atom is 0.147 e. The molecule has 0 fully saturated rings. The normalized spacial score (nSPS) is 10.8. The van der Waals surface area contributed by atoms with Crippen LogP contribution < -0.4 is 10.6 Å². The molecule has 5 heteroatoms. The van der Waals surface area contributed by atoms with Crippen LogP contribution in [0.2, 0.25) is 0 Å². The Morgan fingerprint density at radius 2 is 2.00 bits per heavy atom. The molecule has 0 radical (unpaired) electrons. The Bertz CT molecular complexity index is 503. The van der Waals surface area contributed by atoms with Crippen LogP contribution in [-0.2, 0) is 4.74 Å². The molecule has 0 aliphatic carbocycles. The van der Waals surface area contributed by atoms with Gasteiger partial charge in [0.15, 0.2) is 0 Å². The minimum absolute atomic E-state index is 0.582. The molecular weight excluding hydrogens is 228 g/mol. The van der Waals surface area contributed by atoms with Gasteiger partial charge in [-0.05, 0) is 12.1 Å². The van der Waals surface area contributed by atoms with E-state index in [4.69, 9.17) is 10.5 Å². The van der Waals surface area contributed by atoms with Crippen LogP contribution in [0.3, 0.4) is 0 Å². The molecule has 1 aromatic carbocycles. The largest absolute Gasteiger partial charge is 0.383 e. The number of para-hydroxylation sites is 2. The topological polar surface area (TPSA) is 64.3 Å². The zero-order valence-corrected chi connectivity index (χ0v) is 10.5. The molecule has 1 aromatic heterocycles. The van der Waals surface area contributed by atoms with Gasteiger partial charge in [-0.25, -0.2) is 4.98 Å². The molecule has 0 spiro atoms. The minimum atomic E-state index is 0.582. The second-order valence-corrected chi connectivity index (χ2v) is 3.99. The minimum Gasteiger partial charge on any atom is -0.383 e. The third-order valence-electron chi connectivity index (χ3n) is 2.72. The Kier molecular flexibility index (Phi) is 4.44. The van der Waals surface area contributed by atoms with Gasteiger partial charge in [0.1, 0.15) is 5.82 Å². The first kappa shape index (κ1) is 12.7. The van der Waals surface area contributed by atoms with Crippen LogP contribution in [0.25, 0.3) is 11.0 Å². The Labute approximate surface area is 107 Å². The summed E-state index contributed by atoms with van der Waals surface area (Å²) >= 11 is 0. The van der Waals surface area contributed by atoms with Gasteiger partial charge in [0.25, 0.3) is 0 Å². The second kappa shape index (κ2) is 6.28. The number of nitrogens with two attached hydrogens (primary N) is 1. The lowest BCUT2D eigenvalue weighted by Gasteiger charge is -2.22. The van der Waals surface area contributed by atoms with Crippen molar-refractivity contribution in [3.8, 4) is 0 Å². The van der Waals surface area contributed by atoms with Crippen LogP contribution in [0.5, 0.6) is 0 Å². The summed E-state index contributed by atoms with van der Waals surface area (Å²) in [5, 5.41) is 0. The summed E-state index contributed by atoms with van der Waals surface area (Å²) in [5.74, 6) is 0.844. The average Bonchev–Trinajstić information content (AvgIpc) is 2.43. The van der Waals surface area contributed by atoms with E-state index in [1.165, 1.54) is 0 Å². The summed E-state index contributed by atoms with van der Waals surface area (Å²) in [7, 11) is 1.69. The number of rotatable bonds is 6. The summed E-state index contributed by atoms with van der Waals surface area (Å²) in [6.07, 6.45) is 1.79. The molecule has 5 nitrogen and oxygen atoms in total. The molecule has 0 aliphatic rings. The van der Waals surface area contributed by atoms with E-state index in [2.05, 4.69) is 14.9 Å². The summed E-state index contributed by atoms with van der Waals surface area (Å²) in [5.41, 5.74) is 7.42. The lowest BCUT2D eigenvalue weighted by atomic mass is 10.3. The number of hydrogen-bond donors (Lipinski definition) is 1. The standard InChI is InChI=1S/C13H18N4O/c1-18-9-8-17(7-6-14)13-10-15-11-4-2-3-5-12(11)16-13/h2-5,10H,6-9,14H2,1H3. The number of fused-ring (bicyclic) bond motifs is 1. The monoisotopic (exact) mass is 246 g/mol. The second-order valence-electron chi connectivity index (χ2n) is 3.99. The molecule has 0 bridgehead atoms. The molecule has 0 unspecified atom stereocenters. The summed E-state index contributed by atoms with van der Waals surface area (Å²) in [6.45, 7) is 2.74. The highest BCUT2D eigenvalue weighted by atomic mass is 16.5. The Morgan fingerprint density at radius 1 is 1.22 bits per heavy atom. The van der Waals surface area contributed by atoms with Crippen molar-refractivity contribution >= 4 is 16.9 Å². The van der Waals surface area contributed by atoms with E-state index in [-0.39, 0.29) is 0 Å². The summed E-state index contributed by atoms with van der Waals surface area (Å²) in [4.78, 5) is 11.1. The lowest BCUT2D eigenvalue weighted by Crippen LogP contribution is -2.33. The Morgan fingerprint density at radius 3 is 2.72 bits per heavy atom. The van der Waals surface area contributed by atoms with Crippen molar-refractivity contribution < 1.29 is 4.74 Å². The fourth-order valence-corrected chi connectivity index (χ4v) is 1.80. The van der Waals surface area contributed by atoms with E-state index in [9.17, 15) is 0 Å². The van der Waals surface area contributed by atoms with Crippen molar-refractivity contribution in [3.05, 3.63) is 30.5 Å². The van der Waals surface area contributed by atoms with Crippen LogP contribution in [0.4, 0.5) is 5.82 Å². The molecule has 0 saturated heterocycles. The molecule has 1 heterocycles. The molecule has 0 aliphatic heterocycles. The number of nitrogens with zero attached hydrogens (tertiary/aromatic N) is 3. The quantitative estimate of drug-likeness (QED) is 0.825. The van der Waals surface area contributed by atoms with E-state index >= 15 is 0 Å². The summed E-state index contributed by atoms with van der Waals surface area (Å²) < 4.78 is 5.10. The Balaban J connectivity index is 2.25. The highest BCUT2D eigenvalue weighted by Gasteiger charge is 2.08. The first-order valence-electron chi connectivity index (χ1n) is 6.01. The predicted octanol–water partition coefficient (Wildman–Crippen LogP) is 1.04. The van der Waals surface area contributed by atoms with Crippen molar-refractivity contribution in [2.75, 3.05) is 38.3 Å². The molecule has 2 N–H and O–H groups in total. The number of methoxy groups -OCH3 is 1. The van der Waals surface area contributed by atoms with Gasteiger partial charge in [-0.3, -0.25) is 4.98 Å². The van der Waals surface area contributed by atoms with Crippen molar-refractivity contribution in [2.45, 2.75) is 0 Å². The molecule has 18 heavy (non-hydrogen) atoms.